The lowest BCUT2D eigenvalue weighted by Crippen LogP contribution is -2.35. The van der Waals surface area contributed by atoms with Crippen molar-refractivity contribution in [2.75, 3.05) is 33.2 Å². The Labute approximate surface area is 159 Å². The molecule has 2 aromatic carbocycles. The standard InChI is InChI=1S/C21H23N5O/c1-24-13-8-14-25(16-15-24)21(27)19-22-20(17-9-4-2-5-10-17)26(23-19)18-11-6-3-7-12-18/h2-7,9-12H,8,13-16H2,1H3. The highest BCUT2D eigenvalue weighted by Crippen LogP contribution is 2.21. The van der Waals surface area contributed by atoms with Crippen LogP contribution in [0, 0.1) is 0 Å². The average Bonchev–Trinajstić information content (AvgIpc) is 3.05. The molecule has 0 bridgehead atoms. The van der Waals surface area contributed by atoms with Crippen LogP contribution in [0.2, 0.25) is 0 Å². The molecule has 6 nitrogen and oxygen atoms in total. The molecule has 6 heteroatoms. The van der Waals surface area contributed by atoms with Gasteiger partial charge in [-0.1, -0.05) is 48.5 Å². The lowest BCUT2D eigenvalue weighted by atomic mass is 10.2. The van der Waals surface area contributed by atoms with Crippen molar-refractivity contribution >= 4 is 5.91 Å². The first-order valence-electron chi connectivity index (χ1n) is 9.28. The van der Waals surface area contributed by atoms with Crippen LogP contribution in [0.3, 0.4) is 0 Å². The Kier molecular flexibility index (Phi) is 4.98. The van der Waals surface area contributed by atoms with Crippen LogP contribution in [0.25, 0.3) is 17.1 Å². The summed E-state index contributed by atoms with van der Waals surface area (Å²) in [7, 11) is 2.09. The fraction of sp³-hybridized carbons (Fsp3) is 0.286. The number of likely N-dealkylation sites (N-methyl/N-ethyl adjacent to an activating group) is 1. The lowest BCUT2D eigenvalue weighted by molar-refractivity contribution is 0.0750. The van der Waals surface area contributed by atoms with Gasteiger partial charge in [0.05, 0.1) is 5.69 Å². The van der Waals surface area contributed by atoms with Gasteiger partial charge in [0.2, 0.25) is 5.82 Å². The largest absolute Gasteiger partial charge is 0.335 e. The quantitative estimate of drug-likeness (QED) is 0.720. The van der Waals surface area contributed by atoms with Gasteiger partial charge in [-0.3, -0.25) is 4.79 Å². The molecule has 1 aromatic heterocycles. The van der Waals surface area contributed by atoms with E-state index < -0.39 is 0 Å². The molecule has 1 amide bonds. The third-order valence-electron chi connectivity index (χ3n) is 4.84. The molecular weight excluding hydrogens is 338 g/mol. The van der Waals surface area contributed by atoms with Gasteiger partial charge in [0.1, 0.15) is 0 Å². The summed E-state index contributed by atoms with van der Waals surface area (Å²) in [6.45, 7) is 3.32. The fourth-order valence-corrected chi connectivity index (χ4v) is 3.32. The molecule has 1 aliphatic heterocycles. The van der Waals surface area contributed by atoms with Gasteiger partial charge < -0.3 is 9.80 Å². The molecule has 0 unspecified atom stereocenters. The smallest absolute Gasteiger partial charge is 0.293 e. The minimum Gasteiger partial charge on any atom is -0.335 e. The maximum Gasteiger partial charge on any atom is 0.293 e. The van der Waals surface area contributed by atoms with Crippen molar-refractivity contribution < 1.29 is 4.79 Å². The number of nitrogens with zero attached hydrogens (tertiary/aromatic N) is 5. The van der Waals surface area contributed by atoms with Crippen LogP contribution in [0.4, 0.5) is 0 Å². The maximum absolute atomic E-state index is 13.1. The summed E-state index contributed by atoms with van der Waals surface area (Å²) < 4.78 is 1.76. The second-order valence-electron chi connectivity index (χ2n) is 6.82. The van der Waals surface area contributed by atoms with Gasteiger partial charge in [-0.15, -0.1) is 5.10 Å². The molecule has 0 atom stereocenters. The summed E-state index contributed by atoms with van der Waals surface area (Å²) >= 11 is 0. The van der Waals surface area contributed by atoms with Gasteiger partial charge in [0.25, 0.3) is 5.91 Å². The zero-order chi connectivity index (χ0) is 18.6. The summed E-state index contributed by atoms with van der Waals surface area (Å²) in [4.78, 5) is 21.8. The van der Waals surface area contributed by atoms with Crippen molar-refractivity contribution in [1.82, 2.24) is 24.6 Å². The fourth-order valence-electron chi connectivity index (χ4n) is 3.32. The van der Waals surface area contributed by atoms with E-state index in [0.29, 0.717) is 12.4 Å². The van der Waals surface area contributed by atoms with Gasteiger partial charge >= 0.3 is 0 Å². The summed E-state index contributed by atoms with van der Waals surface area (Å²) in [6, 6.07) is 19.7. The van der Waals surface area contributed by atoms with Crippen molar-refractivity contribution in [3.63, 3.8) is 0 Å². The second-order valence-corrected chi connectivity index (χ2v) is 6.82. The topological polar surface area (TPSA) is 54.3 Å². The molecule has 1 aliphatic rings. The van der Waals surface area contributed by atoms with Crippen LogP contribution < -0.4 is 0 Å². The minimum atomic E-state index is -0.0998. The molecule has 3 aromatic rings. The molecule has 0 radical (unpaired) electrons. The normalized spacial score (nSPS) is 15.5. The Bertz CT molecular complexity index is 850. The first kappa shape index (κ1) is 17.4. The lowest BCUT2D eigenvalue weighted by Gasteiger charge is -2.18. The van der Waals surface area contributed by atoms with E-state index in [9.17, 15) is 4.79 Å². The molecule has 27 heavy (non-hydrogen) atoms. The Morgan fingerprint density at radius 2 is 1.59 bits per heavy atom. The van der Waals surface area contributed by atoms with Crippen LogP contribution in [0.1, 0.15) is 17.0 Å². The Hall–Kier alpha value is -2.99. The number of hydrogen-bond donors (Lipinski definition) is 0. The van der Waals surface area contributed by atoms with Gasteiger partial charge in [0, 0.05) is 25.2 Å². The second kappa shape index (κ2) is 7.72. The number of carbonyl (C=O) groups is 1. The summed E-state index contributed by atoms with van der Waals surface area (Å²) in [5.41, 5.74) is 1.82. The van der Waals surface area contributed by atoms with Gasteiger partial charge in [-0.2, -0.15) is 0 Å². The third-order valence-corrected chi connectivity index (χ3v) is 4.84. The van der Waals surface area contributed by atoms with Crippen LogP contribution in [-0.4, -0.2) is 63.7 Å². The highest BCUT2D eigenvalue weighted by atomic mass is 16.2. The molecule has 0 spiro atoms. The number of aromatic nitrogens is 3. The molecular formula is C21H23N5O. The van der Waals surface area contributed by atoms with Crippen LogP contribution in [0.15, 0.2) is 60.7 Å². The number of rotatable bonds is 3. The van der Waals surface area contributed by atoms with Crippen molar-refractivity contribution in [3.05, 3.63) is 66.5 Å². The van der Waals surface area contributed by atoms with Crippen LogP contribution >= 0.6 is 0 Å². The zero-order valence-corrected chi connectivity index (χ0v) is 15.5. The van der Waals surface area contributed by atoms with Gasteiger partial charge in [-0.05, 0) is 32.1 Å². The monoisotopic (exact) mass is 361 g/mol. The minimum absolute atomic E-state index is 0.0998. The van der Waals surface area contributed by atoms with E-state index >= 15 is 0 Å². The van der Waals surface area contributed by atoms with E-state index in [1.165, 1.54) is 0 Å². The molecule has 1 saturated heterocycles. The number of carbonyl (C=O) groups excluding carboxylic acids is 1. The van der Waals surface area contributed by atoms with Gasteiger partial charge in [-0.25, -0.2) is 9.67 Å². The Morgan fingerprint density at radius 3 is 2.33 bits per heavy atom. The van der Waals surface area contributed by atoms with E-state index in [2.05, 4.69) is 22.0 Å². The molecule has 2 heterocycles. The Morgan fingerprint density at radius 1 is 0.889 bits per heavy atom. The molecule has 4 rings (SSSR count). The third kappa shape index (κ3) is 3.75. The van der Waals surface area contributed by atoms with Crippen molar-refractivity contribution in [2.24, 2.45) is 0 Å². The average molecular weight is 361 g/mol. The van der Waals surface area contributed by atoms with E-state index in [-0.39, 0.29) is 11.7 Å². The van der Waals surface area contributed by atoms with E-state index in [1.807, 2.05) is 65.6 Å². The highest BCUT2D eigenvalue weighted by Gasteiger charge is 2.24. The van der Waals surface area contributed by atoms with E-state index in [0.717, 1.165) is 37.3 Å². The number of hydrogen-bond acceptors (Lipinski definition) is 4. The van der Waals surface area contributed by atoms with Gasteiger partial charge in [0.15, 0.2) is 5.82 Å². The Balaban J connectivity index is 1.72. The molecule has 0 saturated carbocycles. The maximum atomic E-state index is 13.1. The number of benzene rings is 2. The zero-order valence-electron chi connectivity index (χ0n) is 15.5. The predicted molar refractivity (Wildman–Crippen MR) is 105 cm³/mol. The first-order chi connectivity index (χ1) is 13.2. The molecule has 1 fully saturated rings. The summed E-state index contributed by atoms with van der Waals surface area (Å²) in [5.74, 6) is 0.830. The van der Waals surface area contributed by atoms with Crippen molar-refractivity contribution in [1.29, 1.82) is 0 Å². The van der Waals surface area contributed by atoms with Crippen molar-refractivity contribution in [3.8, 4) is 17.1 Å². The van der Waals surface area contributed by atoms with E-state index in [4.69, 9.17) is 0 Å². The van der Waals surface area contributed by atoms with Crippen LogP contribution in [0.5, 0.6) is 0 Å². The summed E-state index contributed by atoms with van der Waals surface area (Å²) in [5, 5.41) is 4.58. The van der Waals surface area contributed by atoms with E-state index in [1.54, 1.807) is 4.68 Å². The molecule has 138 valence electrons. The first-order valence-corrected chi connectivity index (χ1v) is 9.28. The predicted octanol–water partition coefficient (Wildman–Crippen LogP) is 2.71. The number of amides is 1. The SMILES string of the molecule is CN1CCCN(C(=O)c2nc(-c3ccccc3)n(-c3ccccc3)n2)CC1. The summed E-state index contributed by atoms with van der Waals surface area (Å²) in [6.07, 6.45) is 0.965. The molecule has 0 aliphatic carbocycles. The van der Waals surface area contributed by atoms with Crippen molar-refractivity contribution in [2.45, 2.75) is 6.42 Å². The highest BCUT2D eigenvalue weighted by molar-refractivity contribution is 5.91. The number of para-hydroxylation sites is 1. The molecule has 0 N–H and O–H groups in total. The van der Waals surface area contributed by atoms with Crippen LogP contribution in [-0.2, 0) is 0 Å².